The summed E-state index contributed by atoms with van der Waals surface area (Å²) in [5.74, 6) is 0.727. The summed E-state index contributed by atoms with van der Waals surface area (Å²) in [5.41, 5.74) is 0. The van der Waals surface area contributed by atoms with Crippen LogP contribution in [0, 0.1) is 12.8 Å². The molecule has 0 bridgehead atoms. The molecular weight excluding hydrogens is 110 g/mol. The van der Waals surface area contributed by atoms with Gasteiger partial charge in [-0.3, -0.25) is 0 Å². The number of likely N-dealkylation sites (tertiary alicyclic amines) is 1. The molecule has 1 saturated heterocycles. The van der Waals surface area contributed by atoms with E-state index >= 15 is 0 Å². The molecule has 2 rings (SSSR count). The molecule has 1 nitrogen and oxygen atoms in total. The Bertz CT molecular complexity index is 107. The van der Waals surface area contributed by atoms with Crippen LogP contribution in [0.1, 0.15) is 19.3 Å². The Morgan fingerprint density at radius 2 is 2.00 bits per heavy atom. The van der Waals surface area contributed by atoms with Crippen molar-refractivity contribution < 1.29 is 0 Å². The first-order valence-corrected chi connectivity index (χ1v) is 3.93. The van der Waals surface area contributed by atoms with Crippen LogP contribution in [0.3, 0.4) is 0 Å². The van der Waals surface area contributed by atoms with Gasteiger partial charge in [-0.05, 0) is 38.6 Å². The lowest BCUT2D eigenvalue weighted by molar-refractivity contribution is 0.321. The van der Waals surface area contributed by atoms with Crippen molar-refractivity contribution in [2.45, 2.75) is 25.3 Å². The Hall–Kier alpha value is -0.0400. The van der Waals surface area contributed by atoms with Crippen molar-refractivity contribution in [3.05, 3.63) is 6.92 Å². The average Bonchev–Trinajstić information content (AvgIpc) is 2.58. The zero-order chi connectivity index (χ0) is 6.27. The predicted octanol–water partition coefficient (Wildman–Crippen LogP) is 1.30. The quantitative estimate of drug-likeness (QED) is 0.509. The van der Waals surface area contributed by atoms with E-state index in [9.17, 15) is 0 Å². The molecule has 1 heterocycles. The molecule has 0 aromatic carbocycles. The maximum atomic E-state index is 4.06. The minimum Gasteiger partial charge on any atom is -0.300 e. The highest BCUT2D eigenvalue weighted by Crippen LogP contribution is 2.31. The van der Waals surface area contributed by atoms with Gasteiger partial charge in [0.2, 0.25) is 0 Å². The molecule has 1 aliphatic heterocycles. The monoisotopic (exact) mass is 124 g/mol. The second-order valence-electron chi connectivity index (χ2n) is 3.38. The molecule has 1 atom stereocenters. The molecule has 0 aromatic rings. The highest BCUT2D eigenvalue weighted by molar-refractivity contribution is 4.89. The van der Waals surface area contributed by atoms with Gasteiger partial charge in [-0.2, -0.15) is 0 Å². The van der Waals surface area contributed by atoms with Crippen LogP contribution in [0.2, 0.25) is 0 Å². The maximum Gasteiger partial charge on any atom is 0.00965 e. The SMILES string of the molecule is [CH2]C1CCN(C2CC2)C1. The van der Waals surface area contributed by atoms with Gasteiger partial charge in [-0.1, -0.05) is 0 Å². The Balaban J connectivity index is 1.86. The fourth-order valence-electron chi connectivity index (χ4n) is 1.63. The van der Waals surface area contributed by atoms with Crippen molar-refractivity contribution in [1.29, 1.82) is 0 Å². The first kappa shape index (κ1) is 5.72. The molecule has 1 saturated carbocycles. The lowest BCUT2D eigenvalue weighted by Crippen LogP contribution is -2.22. The smallest absolute Gasteiger partial charge is 0.00965 e. The van der Waals surface area contributed by atoms with E-state index in [2.05, 4.69) is 11.8 Å². The molecule has 1 unspecified atom stereocenters. The number of nitrogens with zero attached hydrogens (tertiary/aromatic N) is 1. The van der Waals surface area contributed by atoms with Gasteiger partial charge in [0.15, 0.2) is 0 Å². The summed E-state index contributed by atoms with van der Waals surface area (Å²) in [5, 5.41) is 0. The van der Waals surface area contributed by atoms with Crippen LogP contribution in [0.25, 0.3) is 0 Å². The molecule has 0 aromatic heterocycles. The van der Waals surface area contributed by atoms with Gasteiger partial charge in [0.25, 0.3) is 0 Å². The van der Waals surface area contributed by atoms with Crippen LogP contribution in [0.5, 0.6) is 0 Å². The van der Waals surface area contributed by atoms with Crippen LogP contribution in [-0.4, -0.2) is 24.0 Å². The van der Waals surface area contributed by atoms with Gasteiger partial charge in [0.05, 0.1) is 0 Å². The summed E-state index contributed by atoms with van der Waals surface area (Å²) >= 11 is 0. The molecule has 1 heteroatoms. The van der Waals surface area contributed by atoms with Crippen LogP contribution < -0.4 is 0 Å². The van der Waals surface area contributed by atoms with E-state index in [1.54, 1.807) is 0 Å². The van der Waals surface area contributed by atoms with Crippen LogP contribution >= 0.6 is 0 Å². The third-order valence-electron chi connectivity index (χ3n) is 2.38. The molecule has 1 radical (unpaired) electrons. The fourth-order valence-corrected chi connectivity index (χ4v) is 1.63. The Morgan fingerprint density at radius 1 is 1.22 bits per heavy atom. The van der Waals surface area contributed by atoms with E-state index in [1.165, 1.54) is 32.4 Å². The fraction of sp³-hybridized carbons (Fsp3) is 0.875. The van der Waals surface area contributed by atoms with Gasteiger partial charge in [0, 0.05) is 12.6 Å². The maximum absolute atomic E-state index is 4.06. The molecular formula is C8H14N. The summed E-state index contributed by atoms with van der Waals surface area (Å²) in [6, 6.07) is 0.969. The van der Waals surface area contributed by atoms with Gasteiger partial charge in [-0.15, -0.1) is 0 Å². The van der Waals surface area contributed by atoms with Crippen LogP contribution in [-0.2, 0) is 0 Å². The lowest BCUT2D eigenvalue weighted by Gasteiger charge is -2.12. The Morgan fingerprint density at radius 3 is 2.44 bits per heavy atom. The molecule has 9 heavy (non-hydrogen) atoms. The van der Waals surface area contributed by atoms with Crippen molar-refractivity contribution in [2.75, 3.05) is 13.1 Å². The summed E-state index contributed by atoms with van der Waals surface area (Å²) in [4.78, 5) is 2.59. The summed E-state index contributed by atoms with van der Waals surface area (Å²) < 4.78 is 0. The van der Waals surface area contributed by atoms with Gasteiger partial charge < -0.3 is 4.90 Å². The number of hydrogen-bond acceptors (Lipinski definition) is 1. The summed E-state index contributed by atoms with van der Waals surface area (Å²) in [7, 11) is 0. The van der Waals surface area contributed by atoms with Crippen LogP contribution in [0.4, 0.5) is 0 Å². The van der Waals surface area contributed by atoms with Gasteiger partial charge in [0.1, 0.15) is 0 Å². The molecule has 0 amide bonds. The highest BCUT2D eigenvalue weighted by atomic mass is 15.2. The van der Waals surface area contributed by atoms with Gasteiger partial charge in [-0.25, -0.2) is 0 Å². The first-order chi connectivity index (χ1) is 4.36. The first-order valence-electron chi connectivity index (χ1n) is 3.93. The predicted molar refractivity (Wildman–Crippen MR) is 38.1 cm³/mol. The van der Waals surface area contributed by atoms with E-state index in [0.29, 0.717) is 0 Å². The normalized spacial score (nSPS) is 37.7. The minimum absolute atomic E-state index is 0.727. The lowest BCUT2D eigenvalue weighted by atomic mass is 10.2. The standard InChI is InChI=1S/C8H14N/c1-7-4-5-9(6-7)8-2-3-8/h7-8H,1-6H2. The van der Waals surface area contributed by atoms with E-state index in [4.69, 9.17) is 0 Å². The van der Waals surface area contributed by atoms with Crippen LogP contribution in [0.15, 0.2) is 0 Å². The van der Waals surface area contributed by atoms with Crippen molar-refractivity contribution in [3.63, 3.8) is 0 Å². The van der Waals surface area contributed by atoms with Crippen molar-refractivity contribution >= 4 is 0 Å². The third kappa shape index (κ3) is 1.11. The molecule has 2 fully saturated rings. The zero-order valence-electron chi connectivity index (χ0n) is 5.84. The van der Waals surface area contributed by atoms with E-state index in [0.717, 1.165) is 12.0 Å². The molecule has 0 spiro atoms. The number of hydrogen-bond donors (Lipinski definition) is 0. The largest absolute Gasteiger partial charge is 0.300 e. The zero-order valence-corrected chi connectivity index (χ0v) is 5.84. The number of rotatable bonds is 1. The third-order valence-corrected chi connectivity index (χ3v) is 2.38. The highest BCUT2D eigenvalue weighted by Gasteiger charge is 2.32. The minimum atomic E-state index is 0.727. The van der Waals surface area contributed by atoms with Crippen molar-refractivity contribution in [1.82, 2.24) is 4.90 Å². The summed E-state index contributed by atoms with van der Waals surface area (Å²) in [6.45, 7) is 6.64. The van der Waals surface area contributed by atoms with E-state index in [-0.39, 0.29) is 0 Å². The molecule has 1 aliphatic carbocycles. The van der Waals surface area contributed by atoms with Gasteiger partial charge >= 0.3 is 0 Å². The van der Waals surface area contributed by atoms with E-state index in [1.807, 2.05) is 0 Å². The Kier molecular flexibility index (Phi) is 1.26. The van der Waals surface area contributed by atoms with E-state index < -0.39 is 0 Å². The Labute approximate surface area is 57.0 Å². The second-order valence-corrected chi connectivity index (χ2v) is 3.38. The average molecular weight is 124 g/mol. The van der Waals surface area contributed by atoms with Crippen molar-refractivity contribution in [2.24, 2.45) is 5.92 Å². The van der Waals surface area contributed by atoms with Crippen molar-refractivity contribution in [3.8, 4) is 0 Å². The molecule has 51 valence electrons. The molecule has 0 N–H and O–H groups in total. The second kappa shape index (κ2) is 1.98. The topological polar surface area (TPSA) is 3.24 Å². The molecule has 2 aliphatic rings. The summed E-state index contributed by atoms with van der Waals surface area (Å²) in [6.07, 6.45) is 4.23.